The molecule has 0 aliphatic carbocycles. The highest BCUT2D eigenvalue weighted by molar-refractivity contribution is 5.72. The third-order valence-electron chi connectivity index (χ3n) is 5.58. The maximum atomic E-state index is 12.4. The molecule has 3 atom stereocenters. The Morgan fingerprint density at radius 1 is 1.41 bits per heavy atom. The van der Waals surface area contributed by atoms with Gasteiger partial charge in [0, 0.05) is 12.5 Å². The summed E-state index contributed by atoms with van der Waals surface area (Å²) in [6.45, 7) is 3.14. The number of ether oxygens (including phenoxy) is 3. The summed E-state index contributed by atoms with van der Waals surface area (Å²) in [7, 11) is 1.40. The number of carbonyl (C=O) groups excluding carboxylic acids is 2. The lowest BCUT2D eigenvalue weighted by molar-refractivity contribution is -0.242. The summed E-state index contributed by atoms with van der Waals surface area (Å²) in [5.74, 6) is -1.30. The Kier molecular flexibility index (Phi) is 4.16. The minimum absolute atomic E-state index is 0.0265. The molecular formula is C16H25NO5. The van der Waals surface area contributed by atoms with Gasteiger partial charge in [-0.3, -0.25) is 4.90 Å². The fraction of sp³-hybridized carbons (Fsp3) is 0.875. The van der Waals surface area contributed by atoms with Crippen LogP contribution in [0.25, 0.3) is 0 Å². The highest BCUT2D eigenvalue weighted by Gasteiger charge is 2.67. The zero-order chi connectivity index (χ0) is 15.8. The van der Waals surface area contributed by atoms with Crippen LogP contribution in [0.3, 0.4) is 0 Å². The number of amides is 1. The molecule has 0 saturated carbocycles. The molecule has 3 aliphatic heterocycles. The van der Waals surface area contributed by atoms with E-state index in [0.29, 0.717) is 19.6 Å². The van der Waals surface area contributed by atoms with Gasteiger partial charge in [0.1, 0.15) is 6.29 Å². The van der Waals surface area contributed by atoms with E-state index in [-0.39, 0.29) is 12.1 Å². The first-order valence-electron chi connectivity index (χ1n) is 8.24. The van der Waals surface area contributed by atoms with Crippen molar-refractivity contribution < 1.29 is 23.8 Å². The van der Waals surface area contributed by atoms with E-state index in [2.05, 4.69) is 6.92 Å². The van der Waals surface area contributed by atoms with Crippen LogP contribution in [0.5, 0.6) is 0 Å². The summed E-state index contributed by atoms with van der Waals surface area (Å²) >= 11 is 0. The van der Waals surface area contributed by atoms with E-state index in [0.717, 1.165) is 38.4 Å². The molecule has 0 N–H and O–H groups in total. The average Bonchev–Trinajstić information content (AvgIpc) is 3.09. The van der Waals surface area contributed by atoms with Crippen molar-refractivity contribution in [2.75, 3.05) is 20.3 Å². The summed E-state index contributed by atoms with van der Waals surface area (Å²) in [6.07, 6.45) is 5.61. The van der Waals surface area contributed by atoms with Gasteiger partial charge in [0.15, 0.2) is 5.79 Å². The normalized spacial score (nSPS) is 35.8. The van der Waals surface area contributed by atoms with Crippen molar-refractivity contribution in [3.63, 3.8) is 0 Å². The lowest BCUT2D eigenvalue weighted by Gasteiger charge is -2.53. The molecule has 0 unspecified atom stereocenters. The average molecular weight is 311 g/mol. The minimum Gasteiger partial charge on any atom is -0.453 e. The van der Waals surface area contributed by atoms with Crippen LogP contribution < -0.4 is 0 Å². The number of hydrogen-bond acceptors (Lipinski definition) is 5. The fourth-order valence-corrected chi connectivity index (χ4v) is 4.70. The predicted octanol–water partition coefficient (Wildman–Crippen LogP) is 2.11. The molecule has 1 spiro atoms. The summed E-state index contributed by atoms with van der Waals surface area (Å²) in [5, 5.41) is 0. The van der Waals surface area contributed by atoms with Crippen LogP contribution in [0, 0.1) is 5.92 Å². The first-order chi connectivity index (χ1) is 10.6. The number of hydrogen-bond donors (Lipinski definition) is 0. The SMILES string of the molecule is CCCC[C@@]12CC[C@@H](CC3(OCCO3)[C@@H]1C=O)N2C(=O)OC. The Hall–Kier alpha value is -1.14. The molecule has 0 radical (unpaired) electrons. The van der Waals surface area contributed by atoms with Gasteiger partial charge >= 0.3 is 6.09 Å². The van der Waals surface area contributed by atoms with E-state index in [1.165, 1.54) is 7.11 Å². The van der Waals surface area contributed by atoms with Crippen LogP contribution in [-0.4, -0.2) is 55.0 Å². The monoisotopic (exact) mass is 311 g/mol. The summed E-state index contributed by atoms with van der Waals surface area (Å²) < 4.78 is 16.8. The largest absolute Gasteiger partial charge is 0.453 e. The Morgan fingerprint density at radius 2 is 2.14 bits per heavy atom. The van der Waals surface area contributed by atoms with Gasteiger partial charge in [-0.25, -0.2) is 4.79 Å². The van der Waals surface area contributed by atoms with Crippen molar-refractivity contribution in [2.24, 2.45) is 5.92 Å². The smallest absolute Gasteiger partial charge is 0.410 e. The van der Waals surface area contributed by atoms with Crippen LogP contribution >= 0.6 is 0 Å². The van der Waals surface area contributed by atoms with E-state index >= 15 is 0 Å². The van der Waals surface area contributed by atoms with E-state index < -0.39 is 17.2 Å². The number of piperidine rings is 1. The van der Waals surface area contributed by atoms with Crippen molar-refractivity contribution in [3.8, 4) is 0 Å². The van der Waals surface area contributed by atoms with E-state index in [9.17, 15) is 9.59 Å². The zero-order valence-corrected chi connectivity index (χ0v) is 13.4. The molecule has 0 aromatic carbocycles. The van der Waals surface area contributed by atoms with Crippen LogP contribution in [-0.2, 0) is 19.0 Å². The van der Waals surface area contributed by atoms with Crippen molar-refractivity contribution in [1.82, 2.24) is 4.90 Å². The van der Waals surface area contributed by atoms with Gasteiger partial charge in [-0.05, 0) is 19.3 Å². The molecular weight excluding hydrogens is 286 g/mol. The molecule has 6 heteroatoms. The quantitative estimate of drug-likeness (QED) is 0.744. The number of fused-ring (bicyclic) bond motifs is 2. The molecule has 6 nitrogen and oxygen atoms in total. The van der Waals surface area contributed by atoms with Gasteiger partial charge in [-0.1, -0.05) is 19.8 Å². The molecule has 3 saturated heterocycles. The minimum atomic E-state index is -0.846. The lowest BCUT2D eigenvalue weighted by atomic mass is 9.71. The first kappa shape index (κ1) is 15.7. The Bertz CT molecular complexity index is 448. The van der Waals surface area contributed by atoms with Crippen LogP contribution in [0.4, 0.5) is 4.79 Å². The predicted molar refractivity (Wildman–Crippen MR) is 78.3 cm³/mol. The number of unbranched alkanes of at least 4 members (excludes halogenated alkanes) is 1. The second kappa shape index (κ2) is 5.81. The lowest BCUT2D eigenvalue weighted by Crippen LogP contribution is -2.67. The van der Waals surface area contributed by atoms with Gasteiger partial charge in [0.2, 0.25) is 0 Å². The molecule has 2 bridgehead atoms. The molecule has 3 rings (SSSR count). The fourth-order valence-electron chi connectivity index (χ4n) is 4.70. The summed E-state index contributed by atoms with van der Waals surface area (Å²) in [6, 6.07) is 0.0265. The molecule has 0 aromatic rings. The number of aldehydes is 1. The standard InChI is InChI=1S/C16H25NO5/c1-3-4-6-15-7-5-12(17(15)14(19)20-2)10-16(13(15)11-18)21-8-9-22-16/h11-13H,3-10H2,1-2H3/t12-,13+,15+/m0/s1. The molecule has 0 aromatic heterocycles. The van der Waals surface area contributed by atoms with Crippen molar-refractivity contribution in [3.05, 3.63) is 0 Å². The van der Waals surface area contributed by atoms with Gasteiger partial charge < -0.3 is 19.0 Å². The Balaban J connectivity index is 2.02. The highest BCUT2D eigenvalue weighted by atomic mass is 16.7. The Morgan fingerprint density at radius 3 is 2.73 bits per heavy atom. The molecule has 124 valence electrons. The third kappa shape index (κ3) is 2.07. The number of rotatable bonds is 4. The molecule has 1 amide bonds. The number of methoxy groups -OCH3 is 1. The van der Waals surface area contributed by atoms with Crippen molar-refractivity contribution >= 4 is 12.4 Å². The first-order valence-corrected chi connectivity index (χ1v) is 8.24. The highest BCUT2D eigenvalue weighted by Crippen LogP contribution is 2.55. The molecule has 3 aliphatic rings. The van der Waals surface area contributed by atoms with Crippen LogP contribution in [0.2, 0.25) is 0 Å². The summed E-state index contributed by atoms with van der Waals surface area (Å²) in [5.41, 5.74) is -0.530. The van der Waals surface area contributed by atoms with Gasteiger partial charge in [0.05, 0.1) is 31.8 Å². The number of carbonyl (C=O) groups is 2. The molecule has 3 heterocycles. The zero-order valence-electron chi connectivity index (χ0n) is 13.4. The Labute approximate surface area is 131 Å². The van der Waals surface area contributed by atoms with Crippen molar-refractivity contribution in [1.29, 1.82) is 0 Å². The second-order valence-corrected chi connectivity index (χ2v) is 6.57. The second-order valence-electron chi connectivity index (χ2n) is 6.57. The third-order valence-corrected chi connectivity index (χ3v) is 5.58. The van der Waals surface area contributed by atoms with Crippen LogP contribution in [0.15, 0.2) is 0 Å². The maximum absolute atomic E-state index is 12.4. The topological polar surface area (TPSA) is 65.1 Å². The van der Waals surface area contributed by atoms with E-state index in [1.807, 2.05) is 4.90 Å². The van der Waals surface area contributed by atoms with Gasteiger partial charge in [-0.15, -0.1) is 0 Å². The molecule has 22 heavy (non-hydrogen) atoms. The van der Waals surface area contributed by atoms with Gasteiger partial charge in [0.25, 0.3) is 0 Å². The molecule has 3 fully saturated rings. The van der Waals surface area contributed by atoms with E-state index in [1.54, 1.807) is 0 Å². The van der Waals surface area contributed by atoms with Crippen molar-refractivity contribution in [2.45, 2.75) is 62.8 Å². The van der Waals surface area contributed by atoms with Gasteiger partial charge in [-0.2, -0.15) is 0 Å². The van der Waals surface area contributed by atoms with Crippen LogP contribution in [0.1, 0.15) is 45.4 Å². The number of nitrogens with zero attached hydrogens (tertiary/aromatic N) is 1. The summed E-state index contributed by atoms with van der Waals surface area (Å²) in [4.78, 5) is 26.2. The van der Waals surface area contributed by atoms with E-state index in [4.69, 9.17) is 14.2 Å². The maximum Gasteiger partial charge on any atom is 0.410 e.